The summed E-state index contributed by atoms with van der Waals surface area (Å²) in [4.78, 5) is 14.2. The fourth-order valence-corrected chi connectivity index (χ4v) is 2.37. The van der Waals surface area contributed by atoms with Crippen LogP contribution < -0.4 is 10.1 Å². The van der Waals surface area contributed by atoms with Gasteiger partial charge >= 0.3 is 0 Å². The molecule has 0 unspecified atom stereocenters. The van der Waals surface area contributed by atoms with Crippen molar-refractivity contribution in [2.45, 2.75) is 13.0 Å². The highest BCUT2D eigenvalue weighted by atomic mass is 79.9. The number of carbonyl (C=O) groups excluding carboxylic acids is 1. The molecular formula is C19H20BrN3O2. The number of likely N-dealkylation sites (N-methyl/N-ethyl adjacent to an activating group) is 1. The molecule has 5 nitrogen and oxygen atoms in total. The van der Waals surface area contributed by atoms with Crippen LogP contribution >= 0.6 is 15.9 Å². The maximum absolute atomic E-state index is 12.3. The summed E-state index contributed by atoms with van der Waals surface area (Å²) in [5, 5.41) is 11.6. The predicted octanol–water partition coefficient (Wildman–Crippen LogP) is 3.66. The van der Waals surface area contributed by atoms with Crippen LogP contribution in [0, 0.1) is 11.3 Å². The van der Waals surface area contributed by atoms with Crippen LogP contribution in [-0.4, -0.2) is 37.0 Å². The topological polar surface area (TPSA) is 65.4 Å². The van der Waals surface area contributed by atoms with Crippen molar-refractivity contribution in [1.29, 1.82) is 5.26 Å². The number of amides is 1. The average Bonchev–Trinajstić information content (AvgIpc) is 2.63. The Balaban J connectivity index is 1.79. The first kappa shape index (κ1) is 19.0. The molecule has 0 aliphatic heterocycles. The summed E-state index contributed by atoms with van der Waals surface area (Å²) in [6.45, 7) is 2.96. The van der Waals surface area contributed by atoms with Gasteiger partial charge in [0.25, 0.3) is 0 Å². The molecule has 2 aromatic rings. The van der Waals surface area contributed by atoms with Crippen molar-refractivity contribution in [2.75, 3.05) is 25.5 Å². The Labute approximate surface area is 156 Å². The second-order valence-corrected chi connectivity index (χ2v) is 6.55. The lowest BCUT2D eigenvalue weighted by Gasteiger charge is -2.23. The van der Waals surface area contributed by atoms with Gasteiger partial charge in [-0.15, -0.1) is 0 Å². The van der Waals surface area contributed by atoms with Gasteiger partial charge in [-0.2, -0.15) is 5.26 Å². The molecule has 0 heterocycles. The summed E-state index contributed by atoms with van der Waals surface area (Å²) >= 11 is 3.38. The van der Waals surface area contributed by atoms with Crippen molar-refractivity contribution < 1.29 is 9.53 Å². The van der Waals surface area contributed by atoms with E-state index in [-0.39, 0.29) is 11.9 Å². The molecule has 1 N–H and O–H groups in total. The zero-order valence-electron chi connectivity index (χ0n) is 14.2. The first-order valence-electron chi connectivity index (χ1n) is 7.89. The normalized spacial score (nSPS) is 11.6. The highest BCUT2D eigenvalue weighted by Crippen LogP contribution is 2.16. The standard InChI is InChI=1S/C19H20BrN3O2/c1-14(19(24)22-17-7-3-15(13-21)4-8-17)23(2)11-12-25-18-9-5-16(20)6-10-18/h3-10,14H,11-12H2,1-2H3,(H,22,24)/t14-/m0/s1. The second-order valence-electron chi connectivity index (χ2n) is 5.64. The van der Waals surface area contributed by atoms with Crippen LogP contribution in [0.1, 0.15) is 12.5 Å². The Morgan fingerprint density at radius 2 is 1.88 bits per heavy atom. The minimum atomic E-state index is -0.302. The van der Waals surface area contributed by atoms with E-state index in [4.69, 9.17) is 10.00 Å². The number of halogens is 1. The smallest absolute Gasteiger partial charge is 0.241 e. The molecule has 0 aliphatic carbocycles. The minimum Gasteiger partial charge on any atom is -0.492 e. The Bertz CT molecular complexity index is 739. The fourth-order valence-electron chi connectivity index (χ4n) is 2.11. The van der Waals surface area contributed by atoms with Crippen molar-refractivity contribution in [1.82, 2.24) is 4.90 Å². The van der Waals surface area contributed by atoms with E-state index in [2.05, 4.69) is 27.3 Å². The Kier molecular flexibility index (Phi) is 6.99. The van der Waals surface area contributed by atoms with Gasteiger partial charge in [0.15, 0.2) is 0 Å². The third-order valence-corrected chi connectivity index (χ3v) is 4.38. The maximum Gasteiger partial charge on any atom is 0.241 e. The molecule has 2 rings (SSSR count). The second kappa shape index (κ2) is 9.21. The summed E-state index contributed by atoms with van der Waals surface area (Å²) in [7, 11) is 1.88. The summed E-state index contributed by atoms with van der Waals surface area (Å²) in [6.07, 6.45) is 0. The number of nitrogens with zero attached hydrogens (tertiary/aromatic N) is 2. The number of hydrogen-bond acceptors (Lipinski definition) is 4. The highest BCUT2D eigenvalue weighted by Gasteiger charge is 2.18. The average molecular weight is 402 g/mol. The number of nitrogens with one attached hydrogen (secondary N) is 1. The van der Waals surface area contributed by atoms with Gasteiger partial charge in [-0.3, -0.25) is 9.69 Å². The molecule has 0 bridgehead atoms. The largest absolute Gasteiger partial charge is 0.492 e. The summed E-state index contributed by atoms with van der Waals surface area (Å²) < 4.78 is 6.69. The molecule has 0 spiro atoms. The Morgan fingerprint density at radius 1 is 1.24 bits per heavy atom. The fraction of sp³-hybridized carbons (Fsp3) is 0.263. The van der Waals surface area contributed by atoms with Gasteiger partial charge in [-0.05, 0) is 62.5 Å². The summed E-state index contributed by atoms with van der Waals surface area (Å²) in [5.41, 5.74) is 1.24. The number of benzene rings is 2. The number of rotatable bonds is 7. The van der Waals surface area contributed by atoms with Crippen molar-refractivity contribution >= 4 is 27.5 Å². The zero-order chi connectivity index (χ0) is 18.2. The number of anilines is 1. The molecule has 25 heavy (non-hydrogen) atoms. The Morgan fingerprint density at radius 3 is 2.48 bits per heavy atom. The molecule has 130 valence electrons. The van der Waals surface area contributed by atoms with Gasteiger partial charge in [0, 0.05) is 16.7 Å². The van der Waals surface area contributed by atoms with Crippen LogP contribution in [0.3, 0.4) is 0 Å². The lowest BCUT2D eigenvalue weighted by molar-refractivity contribution is -0.120. The van der Waals surface area contributed by atoms with E-state index >= 15 is 0 Å². The van der Waals surface area contributed by atoms with E-state index in [9.17, 15) is 4.79 Å². The molecular weight excluding hydrogens is 382 g/mol. The van der Waals surface area contributed by atoms with Crippen LogP contribution in [0.25, 0.3) is 0 Å². The van der Waals surface area contributed by atoms with E-state index in [1.165, 1.54) is 0 Å². The van der Waals surface area contributed by atoms with Gasteiger partial charge in [0.2, 0.25) is 5.91 Å². The van der Waals surface area contributed by atoms with Crippen LogP contribution in [0.5, 0.6) is 5.75 Å². The molecule has 0 radical (unpaired) electrons. The molecule has 1 atom stereocenters. The van der Waals surface area contributed by atoms with Gasteiger partial charge < -0.3 is 10.1 Å². The van der Waals surface area contributed by atoms with E-state index in [0.717, 1.165) is 10.2 Å². The lowest BCUT2D eigenvalue weighted by atomic mass is 10.2. The van der Waals surface area contributed by atoms with E-state index in [1.807, 2.05) is 43.1 Å². The number of carbonyl (C=O) groups is 1. The number of hydrogen-bond donors (Lipinski definition) is 1. The molecule has 0 fully saturated rings. The van der Waals surface area contributed by atoms with Crippen molar-refractivity contribution in [3.8, 4) is 11.8 Å². The van der Waals surface area contributed by atoms with E-state index < -0.39 is 0 Å². The molecule has 0 saturated carbocycles. The van der Waals surface area contributed by atoms with Gasteiger partial charge in [0.1, 0.15) is 12.4 Å². The van der Waals surface area contributed by atoms with Gasteiger partial charge in [-0.25, -0.2) is 0 Å². The van der Waals surface area contributed by atoms with Crippen LogP contribution in [-0.2, 0) is 4.79 Å². The van der Waals surface area contributed by atoms with Gasteiger partial charge in [-0.1, -0.05) is 15.9 Å². The first-order chi connectivity index (χ1) is 12.0. The minimum absolute atomic E-state index is 0.101. The molecule has 0 aromatic heterocycles. The number of nitriles is 1. The quantitative estimate of drug-likeness (QED) is 0.768. The van der Waals surface area contributed by atoms with E-state index in [1.54, 1.807) is 24.3 Å². The molecule has 1 amide bonds. The zero-order valence-corrected chi connectivity index (χ0v) is 15.8. The molecule has 0 saturated heterocycles. The molecule has 2 aromatic carbocycles. The SMILES string of the molecule is C[C@@H](C(=O)Nc1ccc(C#N)cc1)N(C)CCOc1ccc(Br)cc1. The highest BCUT2D eigenvalue weighted by molar-refractivity contribution is 9.10. The maximum atomic E-state index is 12.3. The third kappa shape index (κ3) is 5.89. The van der Waals surface area contributed by atoms with Crippen molar-refractivity contribution in [3.05, 3.63) is 58.6 Å². The van der Waals surface area contributed by atoms with Crippen LogP contribution in [0.4, 0.5) is 5.69 Å². The van der Waals surface area contributed by atoms with Crippen molar-refractivity contribution in [3.63, 3.8) is 0 Å². The predicted molar refractivity (Wildman–Crippen MR) is 102 cm³/mol. The van der Waals surface area contributed by atoms with Crippen LogP contribution in [0.2, 0.25) is 0 Å². The molecule has 6 heteroatoms. The summed E-state index contributed by atoms with van der Waals surface area (Å²) in [5.74, 6) is 0.696. The van der Waals surface area contributed by atoms with Crippen LogP contribution in [0.15, 0.2) is 53.0 Å². The molecule has 0 aliphatic rings. The first-order valence-corrected chi connectivity index (χ1v) is 8.68. The number of ether oxygens (including phenoxy) is 1. The Hall–Kier alpha value is -2.36. The summed E-state index contributed by atoms with van der Waals surface area (Å²) in [6, 6.07) is 16.2. The monoisotopic (exact) mass is 401 g/mol. The van der Waals surface area contributed by atoms with Crippen molar-refractivity contribution in [2.24, 2.45) is 0 Å². The third-order valence-electron chi connectivity index (χ3n) is 3.85. The van der Waals surface area contributed by atoms with Gasteiger partial charge in [0.05, 0.1) is 17.7 Å². The lowest BCUT2D eigenvalue weighted by Crippen LogP contribution is -2.41. The van der Waals surface area contributed by atoms with E-state index in [0.29, 0.717) is 24.4 Å².